The van der Waals surface area contributed by atoms with Crippen molar-refractivity contribution in [3.63, 3.8) is 0 Å². The molecule has 4 aliphatic heterocycles. The van der Waals surface area contributed by atoms with Crippen molar-refractivity contribution in [2.24, 2.45) is 17.8 Å². The average Bonchev–Trinajstić information content (AvgIpc) is 3.12. The molecule has 4 heteroatoms. The highest BCUT2D eigenvalue weighted by molar-refractivity contribution is 5.81. The zero-order valence-electron chi connectivity index (χ0n) is 34.7. The van der Waals surface area contributed by atoms with Crippen LogP contribution in [0, 0.1) is 17.8 Å². The Hall–Kier alpha value is -1.58. The summed E-state index contributed by atoms with van der Waals surface area (Å²) in [5.41, 5.74) is 0. The zero-order valence-corrected chi connectivity index (χ0v) is 34.7. The molecule has 0 N–H and O–H groups in total. The van der Waals surface area contributed by atoms with E-state index in [0.29, 0.717) is 36.6 Å². The minimum Gasteiger partial charge on any atom is -0.495 e. The lowest BCUT2D eigenvalue weighted by Gasteiger charge is -2.30. The fraction of sp³-hybridized carbons (Fsp3) is 0.875. The first-order valence-electron chi connectivity index (χ1n) is 23.1. The Bertz CT molecular complexity index is 970. The Kier molecular flexibility index (Phi) is 24.8. The third-order valence-corrected chi connectivity index (χ3v) is 12.1. The first kappa shape index (κ1) is 44.8. The number of Topliss-reactive ketones (excluding diaryl/α,β-unsaturated/α-hetero) is 2. The predicted molar refractivity (Wildman–Crippen MR) is 220 cm³/mol. The third-order valence-electron chi connectivity index (χ3n) is 12.1. The molecule has 0 spiro atoms. The van der Waals surface area contributed by atoms with E-state index in [9.17, 15) is 9.59 Å². The molecule has 4 unspecified atom stereocenters. The van der Waals surface area contributed by atoms with Gasteiger partial charge in [0.15, 0.2) is 0 Å². The van der Waals surface area contributed by atoms with E-state index in [-0.39, 0.29) is 5.92 Å². The quantitative estimate of drug-likeness (QED) is 0.250. The van der Waals surface area contributed by atoms with Gasteiger partial charge in [-0.2, -0.15) is 0 Å². The van der Waals surface area contributed by atoms with Gasteiger partial charge in [0.25, 0.3) is 0 Å². The van der Waals surface area contributed by atoms with Gasteiger partial charge < -0.3 is 9.47 Å². The molecular formula is C48H84O4. The molecule has 300 valence electrons. The van der Waals surface area contributed by atoms with Gasteiger partial charge in [-0.05, 0) is 101 Å². The molecule has 5 rings (SSSR count). The molecule has 3 fully saturated rings. The van der Waals surface area contributed by atoms with Gasteiger partial charge >= 0.3 is 0 Å². The van der Waals surface area contributed by atoms with E-state index in [1.807, 2.05) is 6.92 Å². The maximum atomic E-state index is 11.7. The molecular weight excluding hydrogens is 641 g/mol. The Labute approximate surface area is 322 Å². The molecule has 5 aliphatic rings. The molecule has 4 atom stereocenters. The summed E-state index contributed by atoms with van der Waals surface area (Å²) in [4.78, 5) is 23.5. The fourth-order valence-corrected chi connectivity index (χ4v) is 9.07. The second-order valence-corrected chi connectivity index (χ2v) is 17.9. The second kappa shape index (κ2) is 28.8. The SMILES string of the molecule is CC1C/C2=C/CCCCCCCCCC(C1)O2.CC1C=C2CCCCCCCCCCC(C1)O2.CC1CC(=O)CCCCCCCCCCC(=O)C1. The highest BCUT2D eigenvalue weighted by atomic mass is 16.5. The predicted octanol–water partition coefficient (Wildman–Crippen LogP) is 14.9. The van der Waals surface area contributed by atoms with Crippen LogP contribution in [0.4, 0.5) is 0 Å². The number of fused-ring (bicyclic) bond motifs is 4. The normalized spacial score (nSPS) is 30.3. The van der Waals surface area contributed by atoms with Crippen molar-refractivity contribution in [3.05, 3.63) is 23.7 Å². The fourth-order valence-electron chi connectivity index (χ4n) is 9.07. The number of hydrogen-bond donors (Lipinski definition) is 0. The van der Waals surface area contributed by atoms with Gasteiger partial charge in [-0.1, -0.05) is 130 Å². The molecule has 0 aromatic heterocycles. The Morgan fingerprint density at radius 3 is 1.40 bits per heavy atom. The van der Waals surface area contributed by atoms with Crippen LogP contribution in [-0.4, -0.2) is 23.8 Å². The maximum Gasteiger partial charge on any atom is 0.133 e. The van der Waals surface area contributed by atoms with E-state index in [0.717, 1.165) is 37.5 Å². The number of rotatable bonds is 0. The van der Waals surface area contributed by atoms with Crippen LogP contribution in [-0.2, 0) is 19.1 Å². The Morgan fingerprint density at radius 1 is 0.442 bits per heavy atom. The molecule has 52 heavy (non-hydrogen) atoms. The van der Waals surface area contributed by atoms with Crippen molar-refractivity contribution in [1.82, 2.24) is 0 Å². The third kappa shape index (κ3) is 22.6. The van der Waals surface area contributed by atoms with Crippen LogP contribution in [0.2, 0.25) is 0 Å². The summed E-state index contributed by atoms with van der Waals surface area (Å²) in [6.45, 7) is 6.75. The van der Waals surface area contributed by atoms with Crippen molar-refractivity contribution >= 4 is 11.6 Å². The van der Waals surface area contributed by atoms with Crippen LogP contribution in [0.15, 0.2) is 23.7 Å². The molecule has 0 amide bonds. The van der Waals surface area contributed by atoms with Crippen molar-refractivity contribution < 1.29 is 19.1 Å². The average molecular weight is 725 g/mol. The van der Waals surface area contributed by atoms with Crippen molar-refractivity contribution in [2.45, 2.75) is 251 Å². The van der Waals surface area contributed by atoms with Crippen molar-refractivity contribution in [2.75, 3.05) is 0 Å². The molecule has 0 radical (unpaired) electrons. The largest absolute Gasteiger partial charge is 0.495 e. The first-order valence-corrected chi connectivity index (χ1v) is 23.1. The molecule has 4 nitrogen and oxygen atoms in total. The van der Waals surface area contributed by atoms with Gasteiger partial charge in [-0.25, -0.2) is 0 Å². The molecule has 0 aromatic carbocycles. The smallest absolute Gasteiger partial charge is 0.133 e. The van der Waals surface area contributed by atoms with Crippen LogP contribution in [0.1, 0.15) is 239 Å². The van der Waals surface area contributed by atoms with E-state index in [1.54, 1.807) is 0 Å². The van der Waals surface area contributed by atoms with E-state index < -0.39 is 0 Å². The van der Waals surface area contributed by atoms with E-state index in [2.05, 4.69) is 26.0 Å². The zero-order chi connectivity index (χ0) is 37.1. The topological polar surface area (TPSA) is 52.6 Å². The molecule has 0 aromatic rings. The van der Waals surface area contributed by atoms with E-state index >= 15 is 0 Å². The maximum absolute atomic E-state index is 11.7. The first-order chi connectivity index (χ1) is 25.4. The monoisotopic (exact) mass is 725 g/mol. The molecule has 4 bridgehead atoms. The Morgan fingerprint density at radius 2 is 0.865 bits per heavy atom. The van der Waals surface area contributed by atoms with Gasteiger partial charge in [0.1, 0.15) is 11.6 Å². The van der Waals surface area contributed by atoms with Crippen molar-refractivity contribution in [3.8, 4) is 0 Å². The van der Waals surface area contributed by atoms with Crippen LogP contribution >= 0.6 is 0 Å². The molecule has 2 saturated heterocycles. The summed E-state index contributed by atoms with van der Waals surface area (Å²) >= 11 is 0. The molecule has 1 aliphatic carbocycles. The lowest BCUT2D eigenvalue weighted by molar-refractivity contribution is -0.121. The summed E-state index contributed by atoms with van der Waals surface area (Å²) in [5.74, 6) is 5.10. The van der Waals surface area contributed by atoms with Crippen LogP contribution in [0.25, 0.3) is 0 Å². The summed E-state index contributed by atoms with van der Waals surface area (Å²) in [6, 6.07) is 0. The highest BCUT2D eigenvalue weighted by Crippen LogP contribution is 2.31. The molecule has 1 saturated carbocycles. The lowest BCUT2D eigenvalue weighted by Crippen LogP contribution is -2.23. The lowest BCUT2D eigenvalue weighted by atomic mass is 9.92. The van der Waals surface area contributed by atoms with Crippen LogP contribution in [0.5, 0.6) is 0 Å². The standard InChI is InChI=1S/C16H28O2.2C16H28O/c1-14-12-15(17)10-8-6-4-2-3-5-7-9-11-16(18)13-14;2*1-14-12-15-10-8-6-4-2-3-5-7-9-11-16(13-14)17-15/h14H,2-13H2,1H3;12,14,16H,2-11,13H2,1H3;10,14,16H,2-9,11-13H2,1H3/b;;15-10-. The van der Waals surface area contributed by atoms with E-state index in [4.69, 9.17) is 9.47 Å². The second-order valence-electron chi connectivity index (χ2n) is 17.9. The summed E-state index contributed by atoms with van der Waals surface area (Å²) in [6.07, 6.45) is 47.8. The molecule has 4 heterocycles. The number of carbonyl (C=O) groups excluding carboxylic acids is 2. The van der Waals surface area contributed by atoms with Gasteiger partial charge in [0.2, 0.25) is 0 Å². The number of allylic oxidation sites excluding steroid dienone is 4. The van der Waals surface area contributed by atoms with E-state index in [1.165, 1.54) is 191 Å². The number of carbonyl (C=O) groups is 2. The number of ketones is 2. The van der Waals surface area contributed by atoms with Gasteiger partial charge in [-0.15, -0.1) is 0 Å². The summed E-state index contributed by atoms with van der Waals surface area (Å²) < 4.78 is 12.3. The number of hydrogen-bond acceptors (Lipinski definition) is 4. The van der Waals surface area contributed by atoms with Crippen LogP contribution in [0.3, 0.4) is 0 Å². The van der Waals surface area contributed by atoms with Crippen molar-refractivity contribution in [1.29, 1.82) is 0 Å². The minimum atomic E-state index is 0.245. The minimum absolute atomic E-state index is 0.245. The Balaban J connectivity index is 0.000000210. The number of ether oxygens (including phenoxy) is 2. The van der Waals surface area contributed by atoms with Gasteiger partial charge in [-0.3, -0.25) is 9.59 Å². The van der Waals surface area contributed by atoms with Gasteiger partial charge in [0, 0.05) is 38.5 Å². The van der Waals surface area contributed by atoms with Crippen LogP contribution < -0.4 is 0 Å². The summed E-state index contributed by atoms with van der Waals surface area (Å²) in [5, 5.41) is 0. The summed E-state index contributed by atoms with van der Waals surface area (Å²) in [7, 11) is 0. The highest BCUT2D eigenvalue weighted by Gasteiger charge is 2.23. The van der Waals surface area contributed by atoms with Gasteiger partial charge in [0.05, 0.1) is 23.7 Å².